The fourth-order valence-corrected chi connectivity index (χ4v) is 3.79. The highest BCUT2D eigenvalue weighted by Crippen LogP contribution is 2.41. The van der Waals surface area contributed by atoms with Gasteiger partial charge in [-0.2, -0.15) is 52.7 Å². The van der Waals surface area contributed by atoms with Crippen molar-refractivity contribution in [3.05, 3.63) is 85.5 Å². The summed E-state index contributed by atoms with van der Waals surface area (Å²) in [5.41, 5.74) is 0. The van der Waals surface area contributed by atoms with Crippen molar-refractivity contribution in [3.63, 3.8) is 0 Å². The molecule has 258 valence electrons. The average Bonchev–Trinajstić information content (AvgIpc) is 2.81. The van der Waals surface area contributed by atoms with Gasteiger partial charge in [0.15, 0.2) is 0 Å². The number of alkyl halides is 13. The van der Waals surface area contributed by atoms with Crippen LogP contribution < -0.4 is 14.2 Å². The van der Waals surface area contributed by atoms with Gasteiger partial charge in [-0.25, -0.2) is 13.2 Å². The van der Waals surface area contributed by atoms with E-state index in [0.29, 0.717) is 18.2 Å². The highest BCUT2D eigenvalue weighted by Gasteiger charge is 2.57. The standard InChI is InChI=1S/C8H3Br2F5O.2C8H4BrF5O/c9-4-1-5(11)3-6(2-4)16-8(14,15)7(10,12)13;2*9-4-1-5(10)3-6(2-4)15-8(13,14)7(11)12/h1-3H;2*1-3,7H. The Morgan fingerprint density at radius 1 is 0.457 bits per heavy atom. The molecule has 3 rings (SSSR count). The molecule has 46 heavy (non-hydrogen) atoms. The van der Waals surface area contributed by atoms with E-state index in [4.69, 9.17) is 0 Å². The van der Waals surface area contributed by atoms with Gasteiger partial charge in [-0.3, -0.25) is 0 Å². The number of benzene rings is 3. The minimum Gasteiger partial charge on any atom is -0.428 e. The highest BCUT2D eigenvalue weighted by atomic mass is 79.9. The zero-order valence-corrected chi connectivity index (χ0v) is 27.6. The fraction of sp³-hybridized carbons (Fsp3) is 0.250. The third kappa shape index (κ3) is 14.4. The van der Waals surface area contributed by atoms with Gasteiger partial charge < -0.3 is 14.2 Å². The zero-order valence-electron chi connectivity index (χ0n) is 21.3. The third-order valence-electron chi connectivity index (χ3n) is 4.10. The maximum absolute atomic E-state index is 12.7. The summed E-state index contributed by atoms with van der Waals surface area (Å²) >= 11 is 9.90. The van der Waals surface area contributed by atoms with Crippen molar-refractivity contribution < 1.29 is 80.1 Å². The molecule has 0 amide bonds. The molecule has 0 heterocycles. The van der Waals surface area contributed by atoms with Gasteiger partial charge in [0.25, 0.3) is 0 Å². The van der Waals surface area contributed by atoms with Crippen molar-refractivity contribution in [2.45, 2.75) is 36.0 Å². The second-order valence-corrected chi connectivity index (χ2v) is 11.6. The van der Waals surface area contributed by atoms with Crippen LogP contribution >= 0.6 is 63.7 Å². The second kappa shape index (κ2) is 16.8. The van der Waals surface area contributed by atoms with E-state index in [0.717, 1.165) is 36.4 Å². The summed E-state index contributed by atoms with van der Waals surface area (Å²) in [5, 5.41) is 0. The zero-order chi connectivity index (χ0) is 35.8. The predicted octanol–water partition coefficient (Wildman–Crippen LogP) is 12.2. The summed E-state index contributed by atoms with van der Waals surface area (Å²) in [4.78, 5) is -4.54. The first-order valence-electron chi connectivity index (χ1n) is 11.0. The van der Waals surface area contributed by atoms with Gasteiger partial charge in [-0.05, 0) is 36.4 Å². The van der Waals surface area contributed by atoms with E-state index in [9.17, 15) is 65.9 Å². The van der Waals surface area contributed by atoms with Gasteiger partial charge in [0.1, 0.15) is 34.7 Å². The van der Waals surface area contributed by atoms with Gasteiger partial charge >= 0.3 is 36.0 Å². The molecule has 0 spiro atoms. The molecule has 0 bridgehead atoms. The number of hydrogen-bond donors (Lipinski definition) is 0. The highest BCUT2D eigenvalue weighted by molar-refractivity contribution is 9.11. The predicted molar refractivity (Wildman–Crippen MR) is 145 cm³/mol. The van der Waals surface area contributed by atoms with Crippen LogP contribution in [0.15, 0.2) is 68.0 Å². The summed E-state index contributed by atoms with van der Waals surface area (Å²) in [6.07, 6.45) is -22.0. The van der Waals surface area contributed by atoms with Crippen LogP contribution in [0.2, 0.25) is 0 Å². The molecule has 0 saturated heterocycles. The van der Waals surface area contributed by atoms with E-state index in [1.54, 1.807) is 0 Å². The molecule has 0 fully saturated rings. The first kappa shape index (κ1) is 42.0. The van der Waals surface area contributed by atoms with E-state index in [1.165, 1.54) is 15.9 Å². The molecule has 0 aliphatic carbocycles. The van der Waals surface area contributed by atoms with Crippen LogP contribution in [0, 0.1) is 17.5 Å². The Kier molecular flexibility index (Phi) is 15.4. The summed E-state index contributed by atoms with van der Waals surface area (Å²) in [6.45, 7) is 0. The van der Waals surface area contributed by atoms with E-state index in [1.807, 2.05) is 0 Å². The number of halogens is 19. The van der Waals surface area contributed by atoms with Crippen LogP contribution in [-0.2, 0) is 0 Å². The van der Waals surface area contributed by atoms with Crippen LogP contribution in [0.25, 0.3) is 0 Å². The van der Waals surface area contributed by atoms with Gasteiger partial charge in [-0.15, -0.1) is 0 Å². The lowest BCUT2D eigenvalue weighted by Crippen LogP contribution is -2.40. The molecule has 0 aromatic heterocycles. The molecule has 0 saturated carbocycles. The molecular weight excluding hydrogens is 941 g/mol. The molecule has 0 atom stereocenters. The van der Waals surface area contributed by atoms with Crippen LogP contribution in [0.3, 0.4) is 0 Å². The van der Waals surface area contributed by atoms with Crippen molar-refractivity contribution in [1.82, 2.24) is 0 Å². The van der Waals surface area contributed by atoms with Gasteiger partial charge in [0.05, 0.1) is 0 Å². The maximum atomic E-state index is 12.7. The van der Waals surface area contributed by atoms with Gasteiger partial charge in [-0.1, -0.05) is 47.8 Å². The van der Waals surface area contributed by atoms with Crippen LogP contribution in [-0.4, -0.2) is 36.0 Å². The molecular formula is C24H11Br4F15O3. The summed E-state index contributed by atoms with van der Waals surface area (Å²) < 4.78 is 196. The van der Waals surface area contributed by atoms with Crippen molar-refractivity contribution in [2.24, 2.45) is 0 Å². The lowest BCUT2D eigenvalue weighted by atomic mass is 10.3. The summed E-state index contributed by atoms with van der Waals surface area (Å²) in [5.74, 6) is -4.69. The number of ether oxygens (including phenoxy) is 3. The molecule has 3 nitrogen and oxygen atoms in total. The molecule has 3 aromatic carbocycles. The quantitative estimate of drug-likeness (QED) is 0.158. The van der Waals surface area contributed by atoms with Crippen molar-refractivity contribution in [2.75, 3.05) is 0 Å². The van der Waals surface area contributed by atoms with E-state index < -0.39 is 70.7 Å². The Morgan fingerprint density at radius 3 is 0.935 bits per heavy atom. The molecule has 0 aliphatic heterocycles. The van der Waals surface area contributed by atoms with Crippen LogP contribution in [0.5, 0.6) is 17.2 Å². The Labute approximate surface area is 281 Å². The van der Waals surface area contributed by atoms with Crippen molar-refractivity contribution in [1.29, 1.82) is 0 Å². The van der Waals surface area contributed by atoms with Crippen molar-refractivity contribution in [3.8, 4) is 17.2 Å². The SMILES string of the molecule is Fc1cc(Br)cc(OC(F)(F)C(F)(F)Br)c1.Fc1cc(Br)cc(OC(F)(F)C(F)F)c1.Fc1cc(Br)cc(OC(F)(F)C(F)F)c1. The van der Waals surface area contributed by atoms with Crippen molar-refractivity contribution >= 4 is 63.7 Å². The van der Waals surface area contributed by atoms with E-state index >= 15 is 0 Å². The largest absolute Gasteiger partial charge is 0.475 e. The molecule has 22 heteroatoms. The van der Waals surface area contributed by atoms with Gasteiger partial charge in [0, 0.05) is 47.5 Å². The minimum absolute atomic E-state index is 0.0937. The summed E-state index contributed by atoms with van der Waals surface area (Å²) in [7, 11) is 0. The van der Waals surface area contributed by atoms with Gasteiger partial charge in [0.2, 0.25) is 0 Å². The molecule has 0 aliphatic rings. The second-order valence-electron chi connectivity index (χ2n) is 7.86. The first-order chi connectivity index (χ1) is 20.7. The monoisotopic (exact) mass is 948 g/mol. The fourth-order valence-electron chi connectivity index (χ4n) is 2.37. The molecule has 0 radical (unpaired) electrons. The smallest absolute Gasteiger partial charge is 0.428 e. The average molecular weight is 952 g/mol. The molecule has 0 unspecified atom stereocenters. The normalized spacial score (nSPS) is 12.2. The summed E-state index contributed by atoms with van der Waals surface area (Å²) in [6, 6.07) is 7.52. The van der Waals surface area contributed by atoms with E-state index in [-0.39, 0.29) is 13.4 Å². The lowest BCUT2D eigenvalue weighted by molar-refractivity contribution is -0.266. The Bertz CT molecular complexity index is 1310. The Morgan fingerprint density at radius 2 is 0.717 bits per heavy atom. The lowest BCUT2D eigenvalue weighted by Gasteiger charge is -2.21. The molecule has 3 aromatic rings. The third-order valence-corrected chi connectivity index (χ3v) is 5.94. The molecule has 0 N–H and O–H groups in total. The Balaban J connectivity index is 0.000000345. The van der Waals surface area contributed by atoms with Crippen LogP contribution in [0.1, 0.15) is 0 Å². The topological polar surface area (TPSA) is 27.7 Å². The number of rotatable bonds is 9. The number of hydrogen-bond acceptors (Lipinski definition) is 3. The van der Waals surface area contributed by atoms with Crippen LogP contribution in [0.4, 0.5) is 65.9 Å². The minimum atomic E-state index is -4.78. The van der Waals surface area contributed by atoms with E-state index in [2.05, 4.69) is 62.0 Å². The first-order valence-corrected chi connectivity index (χ1v) is 14.1. The maximum Gasteiger partial charge on any atom is 0.475 e. The Hall–Kier alpha value is -2.07.